The van der Waals surface area contributed by atoms with E-state index in [0.29, 0.717) is 29.2 Å². The molecular formula is C17H13ClN4O. The number of fused-ring (bicyclic) bond motifs is 1. The monoisotopic (exact) mass is 324 g/mol. The lowest BCUT2D eigenvalue weighted by molar-refractivity contribution is 0.0954. The van der Waals surface area contributed by atoms with Crippen LogP contribution in [-0.2, 0) is 6.42 Å². The second-order valence-corrected chi connectivity index (χ2v) is 5.46. The molecule has 2 heterocycles. The van der Waals surface area contributed by atoms with E-state index in [1.165, 1.54) is 6.20 Å². The van der Waals surface area contributed by atoms with Gasteiger partial charge in [0.2, 0.25) is 0 Å². The van der Waals surface area contributed by atoms with Gasteiger partial charge in [-0.2, -0.15) is 5.26 Å². The van der Waals surface area contributed by atoms with Gasteiger partial charge < -0.3 is 10.3 Å². The number of halogens is 1. The van der Waals surface area contributed by atoms with E-state index in [0.717, 1.165) is 16.5 Å². The van der Waals surface area contributed by atoms with Gasteiger partial charge in [0.1, 0.15) is 11.2 Å². The third-order valence-corrected chi connectivity index (χ3v) is 3.78. The van der Waals surface area contributed by atoms with Crippen molar-refractivity contribution in [3.63, 3.8) is 0 Å². The van der Waals surface area contributed by atoms with Gasteiger partial charge in [0.15, 0.2) is 0 Å². The molecule has 0 aliphatic heterocycles. The van der Waals surface area contributed by atoms with Crippen LogP contribution in [0, 0.1) is 11.3 Å². The van der Waals surface area contributed by atoms with E-state index in [9.17, 15) is 4.79 Å². The molecule has 2 aromatic heterocycles. The highest BCUT2D eigenvalue weighted by Gasteiger charge is 2.07. The Morgan fingerprint density at radius 3 is 2.96 bits per heavy atom. The number of amides is 1. The predicted octanol–water partition coefficient (Wildman–Crippen LogP) is 3.06. The summed E-state index contributed by atoms with van der Waals surface area (Å²) in [7, 11) is 0. The van der Waals surface area contributed by atoms with Gasteiger partial charge >= 0.3 is 0 Å². The Kier molecular flexibility index (Phi) is 4.26. The number of carbonyl (C=O) groups is 1. The fourth-order valence-electron chi connectivity index (χ4n) is 2.35. The lowest BCUT2D eigenvalue weighted by Gasteiger charge is -2.06. The number of rotatable bonds is 4. The second-order valence-electron chi connectivity index (χ2n) is 5.07. The number of hydrogen-bond donors (Lipinski definition) is 2. The normalized spacial score (nSPS) is 10.4. The van der Waals surface area contributed by atoms with Crippen molar-refractivity contribution in [1.82, 2.24) is 15.3 Å². The van der Waals surface area contributed by atoms with Crippen LogP contribution in [-0.4, -0.2) is 22.4 Å². The van der Waals surface area contributed by atoms with Crippen molar-refractivity contribution in [2.45, 2.75) is 6.42 Å². The first-order valence-corrected chi connectivity index (χ1v) is 7.45. The molecule has 3 aromatic rings. The van der Waals surface area contributed by atoms with E-state index < -0.39 is 0 Å². The third-order valence-electron chi connectivity index (χ3n) is 3.56. The largest absolute Gasteiger partial charge is 0.360 e. The van der Waals surface area contributed by atoms with Gasteiger partial charge in [-0.25, -0.2) is 4.98 Å². The third kappa shape index (κ3) is 3.33. The summed E-state index contributed by atoms with van der Waals surface area (Å²) in [6.07, 6.45) is 3.82. The lowest BCUT2D eigenvalue weighted by Crippen LogP contribution is -2.25. The molecule has 5 nitrogen and oxygen atoms in total. The van der Waals surface area contributed by atoms with E-state index >= 15 is 0 Å². The maximum absolute atomic E-state index is 12.0. The van der Waals surface area contributed by atoms with E-state index in [1.807, 2.05) is 18.2 Å². The quantitative estimate of drug-likeness (QED) is 0.724. The molecular weight excluding hydrogens is 312 g/mol. The number of aromatic amines is 1. The van der Waals surface area contributed by atoms with Gasteiger partial charge in [-0.1, -0.05) is 17.7 Å². The molecule has 0 saturated heterocycles. The zero-order valence-electron chi connectivity index (χ0n) is 12.1. The summed E-state index contributed by atoms with van der Waals surface area (Å²) >= 11 is 5.70. The Morgan fingerprint density at radius 1 is 1.35 bits per heavy atom. The Bertz CT molecular complexity index is 893. The molecule has 0 fully saturated rings. The van der Waals surface area contributed by atoms with Crippen molar-refractivity contribution >= 4 is 28.4 Å². The molecule has 0 radical (unpaired) electrons. The summed E-state index contributed by atoms with van der Waals surface area (Å²) in [6, 6.07) is 11.3. The van der Waals surface area contributed by atoms with Crippen molar-refractivity contribution in [2.75, 3.05) is 6.54 Å². The van der Waals surface area contributed by atoms with Crippen LogP contribution < -0.4 is 5.32 Å². The first-order chi connectivity index (χ1) is 11.2. The van der Waals surface area contributed by atoms with E-state index in [-0.39, 0.29) is 5.91 Å². The molecule has 23 heavy (non-hydrogen) atoms. The SMILES string of the molecule is N#Cc1c[nH]c2ccc(CCNC(=O)c3ccc(Cl)nc3)cc12. The van der Waals surface area contributed by atoms with Crippen LogP contribution in [0.4, 0.5) is 0 Å². The fourth-order valence-corrected chi connectivity index (χ4v) is 2.46. The number of hydrogen-bond acceptors (Lipinski definition) is 3. The van der Waals surface area contributed by atoms with Crippen LogP contribution in [0.2, 0.25) is 5.15 Å². The van der Waals surface area contributed by atoms with Gasteiger partial charge in [0, 0.05) is 29.8 Å². The number of pyridine rings is 1. The van der Waals surface area contributed by atoms with E-state index in [2.05, 4.69) is 21.4 Å². The summed E-state index contributed by atoms with van der Waals surface area (Å²) in [6.45, 7) is 0.499. The number of nitrogens with one attached hydrogen (secondary N) is 2. The molecule has 0 bridgehead atoms. The van der Waals surface area contributed by atoms with Crippen molar-refractivity contribution < 1.29 is 4.79 Å². The van der Waals surface area contributed by atoms with Crippen molar-refractivity contribution in [3.8, 4) is 6.07 Å². The van der Waals surface area contributed by atoms with Crippen LogP contribution in [0.25, 0.3) is 10.9 Å². The van der Waals surface area contributed by atoms with E-state index in [4.69, 9.17) is 16.9 Å². The molecule has 0 atom stereocenters. The smallest absolute Gasteiger partial charge is 0.252 e. The van der Waals surface area contributed by atoms with E-state index in [1.54, 1.807) is 18.3 Å². The summed E-state index contributed by atoms with van der Waals surface area (Å²) < 4.78 is 0. The van der Waals surface area contributed by atoms with Crippen molar-refractivity contribution in [1.29, 1.82) is 5.26 Å². The first kappa shape index (κ1) is 15.1. The van der Waals surface area contributed by atoms with Crippen LogP contribution in [0.1, 0.15) is 21.5 Å². The van der Waals surface area contributed by atoms with Gasteiger partial charge in [0.05, 0.1) is 11.1 Å². The minimum atomic E-state index is -0.186. The zero-order chi connectivity index (χ0) is 16.2. The maximum Gasteiger partial charge on any atom is 0.252 e. The molecule has 0 aliphatic carbocycles. The number of benzene rings is 1. The van der Waals surface area contributed by atoms with Crippen LogP contribution in [0.3, 0.4) is 0 Å². The standard InChI is InChI=1S/C17H13ClN4O/c18-16-4-2-12(9-22-16)17(23)20-6-5-11-1-3-15-14(7-11)13(8-19)10-21-15/h1-4,7,9-10,21H,5-6H2,(H,20,23). The van der Waals surface area contributed by atoms with Gasteiger partial charge in [-0.3, -0.25) is 4.79 Å². The zero-order valence-corrected chi connectivity index (χ0v) is 12.9. The Labute approximate surface area is 137 Å². The number of nitriles is 1. The highest BCUT2D eigenvalue weighted by atomic mass is 35.5. The number of nitrogens with zero attached hydrogens (tertiary/aromatic N) is 2. The molecule has 1 amide bonds. The highest BCUT2D eigenvalue weighted by molar-refractivity contribution is 6.29. The Hall–Kier alpha value is -2.84. The van der Waals surface area contributed by atoms with Crippen LogP contribution in [0.5, 0.6) is 0 Å². The molecule has 114 valence electrons. The summed E-state index contributed by atoms with van der Waals surface area (Å²) in [5.74, 6) is -0.186. The molecule has 3 rings (SSSR count). The molecule has 0 aliphatic rings. The number of H-pyrrole nitrogens is 1. The molecule has 0 saturated carbocycles. The molecule has 0 spiro atoms. The molecule has 0 unspecified atom stereocenters. The van der Waals surface area contributed by atoms with Gasteiger partial charge in [0.25, 0.3) is 5.91 Å². The number of aromatic nitrogens is 2. The van der Waals surface area contributed by atoms with Crippen molar-refractivity contribution in [3.05, 3.63) is 64.6 Å². The Balaban J connectivity index is 1.63. The molecule has 6 heteroatoms. The first-order valence-electron chi connectivity index (χ1n) is 7.07. The van der Waals surface area contributed by atoms with Crippen LogP contribution >= 0.6 is 11.6 Å². The molecule has 2 N–H and O–H groups in total. The fraction of sp³-hybridized carbons (Fsp3) is 0.118. The second kappa shape index (κ2) is 6.51. The predicted molar refractivity (Wildman–Crippen MR) is 88.3 cm³/mol. The maximum atomic E-state index is 12.0. The lowest BCUT2D eigenvalue weighted by atomic mass is 10.1. The molecule has 1 aromatic carbocycles. The minimum absolute atomic E-state index is 0.186. The van der Waals surface area contributed by atoms with Gasteiger partial charge in [-0.05, 0) is 36.2 Å². The summed E-state index contributed by atoms with van der Waals surface area (Å²) in [5.41, 5.74) is 3.09. The Morgan fingerprint density at radius 2 is 2.22 bits per heavy atom. The number of carbonyl (C=O) groups excluding carboxylic acids is 1. The topological polar surface area (TPSA) is 81.6 Å². The minimum Gasteiger partial charge on any atom is -0.360 e. The average Bonchev–Trinajstić information content (AvgIpc) is 2.97. The van der Waals surface area contributed by atoms with Crippen LogP contribution in [0.15, 0.2) is 42.7 Å². The summed E-state index contributed by atoms with van der Waals surface area (Å²) in [5, 5.41) is 13.2. The average molecular weight is 325 g/mol. The summed E-state index contributed by atoms with van der Waals surface area (Å²) in [4.78, 5) is 18.9. The van der Waals surface area contributed by atoms with Gasteiger partial charge in [-0.15, -0.1) is 0 Å². The van der Waals surface area contributed by atoms with Crippen molar-refractivity contribution in [2.24, 2.45) is 0 Å². The highest BCUT2D eigenvalue weighted by Crippen LogP contribution is 2.19.